The molecule has 2 fully saturated rings. The normalized spacial score (nSPS) is 19.1. The zero-order chi connectivity index (χ0) is 20.2. The smallest absolute Gasteiger partial charge is 0.226 e. The van der Waals surface area contributed by atoms with Gasteiger partial charge in [0.2, 0.25) is 11.8 Å². The van der Waals surface area contributed by atoms with Crippen molar-refractivity contribution in [2.75, 3.05) is 26.4 Å². The zero-order valence-corrected chi connectivity index (χ0v) is 16.1. The predicted octanol–water partition coefficient (Wildman–Crippen LogP) is 3.62. The van der Waals surface area contributed by atoms with E-state index in [9.17, 15) is 0 Å². The molecule has 3 heterocycles. The Bertz CT molecular complexity index is 895. The second kappa shape index (κ2) is 8.56. The molecule has 0 amide bonds. The number of rotatable bonds is 10. The topological polar surface area (TPSA) is 87.8 Å². The average molecular weight is 408 g/mol. The lowest BCUT2D eigenvalue weighted by Gasteiger charge is -2.09. The van der Waals surface area contributed by atoms with Crippen LogP contribution in [0, 0.1) is 0 Å². The van der Waals surface area contributed by atoms with E-state index in [1.54, 1.807) is 6.07 Å². The molecule has 0 bridgehead atoms. The van der Waals surface area contributed by atoms with Crippen molar-refractivity contribution in [2.24, 2.45) is 0 Å². The average Bonchev–Trinajstić information content (AvgIpc) is 3.69. The van der Waals surface area contributed by atoms with E-state index in [4.69, 9.17) is 28.4 Å². The molecular formula is C22H20N2O6. The lowest BCUT2D eigenvalue weighted by molar-refractivity contribution is 0.263. The first-order valence-electron chi connectivity index (χ1n) is 9.67. The molecule has 0 radical (unpaired) electrons. The molecule has 30 heavy (non-hydrogen) atoms. The molecule has 2 aromatic carbocycles. The Kier molecular flexibility index (Phi) is 5.32. The van der Waals surface area contributed by atoms with Gasteiger partial charge in [-0.3, -0.25) is 0 Å². The minimum atomic E-state index is 0.224. The molecule has 2 saturated heterocycles. The molecule has 0 spiro atoms. The Balaban J connectivity index is 1.16. The van der Waals surface area contributed by atoms with Crippen LogP contribution in [0.15, 0.2) is 60.9 Å². The summed E-state index contributed by atoms with van der Waals surface area (Å²) in [7, 11) is 0. The van der Waals surface area contributed by atoms with Gasteiger partial charge in [-0.1, -0.05) is 0 Å². The first kappa shape index (κ1) is 18.7. The van der Waals surface area contributed by atoms with E-state index in [2.05, 4.69) is 9.97 Å². The highest BCUT2D eigenvalue weighted by atomic mass is 16.6. The first-order chi connectivity index (χ1) is 14.8. The van der Waals surface area contributed by atoms with Gasteiger partial charge < -0.3 is 28.4 Å². The molecule has 2 aliphatic rings. The number of epoxide rings is 2. The summed E-state index contributed by atoms with van der Waals surface area (Å²) in [5, 5.41) is 0. The fraction of sp³-hybridized carbons (Fsp3) is 0.273. The summed E-state index contributed by atoms with van der Waals surface area (Å²) in [6.45, 7) is 2.67. The van der Waals surface area contributed by atoms with Gasteiger partial charge in [-0.15, -0.1) is 0 Å². The molecule has 8 heteroatoms. The number of benzene rings is 2. The highest BCUT2D eigenvalue weighted by Gasteiger charge is 2.23. The fourth-order valence-electron chi connectivity index (χ4n) is 2.59. The lowest BCUT2D eigenvalue weighted by atomic mass is 10.3. The molecule has 0 aliphatic carbocycles. The third-order valence-electron chi connectivity index (χ3n) is 4.39. The number of nitrogens with zero attached hydrogens (tertiary/aromatic N) is 2. The molecule has 3 aromatic rings. The number of hydrogen-bond acceptors (Lipinski definition) is 8. The monoisotopic (exact) mass is 408 g/mol. The zero-order valence-electron chi connectivity index (χ0n) is 16.1. The molecule has 2 aliphatic heterocycles. The second-order valence-electron chi connectivity index (χ2n) is 6.87. The van der Waals surface area contributed by atoms with Gasteiger partial charge in [0.1, 0.15) is 54.7 Å². The molecule has 0 N–H and O–H groups in total. The third-order valence-corrected chi connectivity index (χ3v) is 4.39. The first-order valence-corrected chi connectivity index (χ1v) is 9.67. The Labute approximate surface area is 173 Å². The van der Waals surface area contributed by atoms with Crippen molar-refractivity contribution < 1.29 is 28.4 Å². The van der Waals surface area contributed by atoms with Crippen LogP contribution in [0.2, 0.25) is 0 Å². The summed E-state index contributed by atoms with van der Waals surface area (Å²) >= 11 is 0. The van der Waals surface area contributed by atoms with E-state index in [1.807, 2.05) is 48.5 Å². The summed E-state index contributed by atoms with van der Waals surface area (Å²) in [5.74, 6) is 3.56. The Morgan fingerprint density at radius 1 is 0.667 bits per heavy atom. The van der Waals surface area contributed by atoms with Crippen molar-refractivity contribution in [1.29, 1.82) is 0 Å². The van der Waals surface area contributed by atoms with E-state index < -0.39 is 0 Å². The predicted molar refractivity (Wildman–Crippen MR) is 106 cm³/mol. The second-order valence-corrected chi connectivity index (χ2v) is 6.87. The number of ether oxygens (including phenoxy) is 6. The van der Waals surface area contributed by atoms with Gasteiger partial charge >= 0.3 is 0 Å². The molecule has 8 nitrogen and oxygen atoms in total. The Morgan fingerprint density at radius 2 is 1.07 bits per heavy atom. The standard InChI is InChI=1S/C22H20N2O6/c1-5-17(6-2-15(1)25-10-19-12-27-19)29-21-9-22(24-14-23-21)30-18-7-3-16(4-8-18)26-11-20-13-28-20/h1-9,14,19-20H,10-13H2. The van der Waals surface area contributed by atoms with Gasteiger partial charge in [0, 0.05) is 0 Å². The van der Waals surface area contributed by atoms with Crippen LogP contribution in [0.4, 0.5) is 0 Å². The van der Waals surface area contributed by atoms with Crippen molar-refractivity contribution in [1.82, 2.24) is 9.97 Å². The van der Waals surface area contributed by atoms with Crippen molar-refractivity contribution >= 4 is 0 Å². The maximum Gasteiger partial charge on any atom is 0.226 e. The molecule has 1 aromatic heterocycles. The van der Waals surface area contributed by atoms with Gasteiger partial charge in [-0.05, 0) is 48.5 Å². The number of aromatic nitrogens is 2. The van der Waals surface area contributed by atoms with Gasteiger partial charge in [-0.2, -0.15) is 0 Å². The summed E-state index contributed by atoms with van der Waals surface area (Å²) in [6.07, 6.45) is 1.84. The van der Waals surface area contributed by atoms with Crippen LogP contribution < -0.4 is 18.9 Å². The third kappa shape index (κ3) is 5.37. The van der Waals surface area contributed by atoms with Crippen molar-refractivity contribution in [3.8, 4) is 34.8 Å². The number of hydrogen-bond donors (Lipinski definition) is 0. The van der Waals surface area contributed by atoms with E-state index in [0.29, 0.717) is 36.5 Å². The van der Waals surface area contributed by atoms with Crippen LogP contribution in [0.5, 0.6) is 34.8 Å². The van der Waals surface area contributed by atoms with Crippen molar-refractivity contribution in [3.63, 3.8) is 0 Å². The highest BCUT2D eigenvalue weighted by molar-refractivity contribution is 5.36. The Hall–Kier alpha value is -3.36. The van der Waals surface area contributed by atoms with Gasteiger partial charge in [0.05, 0.1) is 19.3 Å². The van der Waals surface area contributed by atoms with Crippen molar-refractivity contribution in [3.05, 3.63) is 60.9 Å². The SMILES string of the molecule is c1nc(Oc2ccc(OCC3CO3)cc2)cc(Oc2ccc(OCC3CO3)cc2)n1. The van der Waals surface area contributed by atoms with Crippen LogP contribution in [-0.2, 0) is 9.47 Å². The summed E-state index contributed by atoms with van der Waals surface area (Å²) < 4.78 is 33.1. The summed E-state index contributed by atoms with van der Waals surface area (Å²) in [6, 6.07) is 16.3. The molecule has 2 atom stereocenters. The van der Waals surface area contributed by atoms with Crippen LogP contribution in [0.1, 0.15) is 0 Å². The van der Waals surface area contributed by atoms with Gasteiger partial charge in [0.25, 0.3) is 0 Å². The Morgan fingerprint density at radius 3 is 1.47 bits per heavy atom. The quantitative estimate of drug-likeness (QED) is 0.470. The van der Waals surface area contributed by atoms with Gasteiger partial charge in [-0.25, -0.2) is 9.97 Å². The van der Waals surface area contributed by atoms with Crippen LogP contribution in [0.3, 0.4) is 0 Å². The van der Waals surface area contributed by atoms with Gasteiger partial charge in [0.15, 0.2) is 0 Å². The van der Waals surface area contributed by atoms with E-state index in [0.717, 1.165) is 24.7 Å². The van der Waals surface area contributed by atoms with Crippen LogP contribution in [0.25, 0.3) is 0 Å². The minimum absolute atomic E-state index is 0.224. The van der Waals surface area contributed by atoms with E-state index in [1.165, 1.54) is 6.33 Å². The summed E-state index contributed by atoms with van der Waals surface area (Å²) in [4.78, 5) is 8.27. The molecule has 154 valence electrons. The summed E-state index contributed by atoms with van der Waals surface area (Å²) in [5.41, 5.74) is 0. The molecule has 2 unspecified atom stereocenters. The molecule has 5 rings (SSSR count). The molecular weight excluding hydrogens is 388 g/mol. The maximum atomic E-state index is 5.79. The fourth-order valence-corrected chi connectivity index (χ4v) is 2.59. The van der Waals surface area contributed by atoms with Crippen molar-refractivity contribution in [2.45, 2.75) is 12.2 Å². The van der Waals surface area contributed by atoms with Crippen LogP contribution in [-0.4, -0.2) is 48.6 Å². The van der Waals surface area contributed by atoms with E-state index in [-0.39, 0.29) is 12.2 Å². The highest BCUT2D eigenvalue weighted by Crippen LogP contribution is 2.27. The van der Waals surface area contributed by atoms with Crippen LogP contribution >= 0.6 is 0 Å². The maximum absolute atomic E-state index is 5.79. The minimum Gasteiger partial charge on any atom is -0.491 e. The van der Waals surface area contributed by atoms with E-state index >= 15 is 0 Å². The lowest BCUT2D eigenvalue weighted by Crippen LogP contribution is -2.03. The largest absolute Gasteiger partial charge is 0.491 e. The molecule has 0 saturated carbocycles.